The second-order valence-corrected chi connectivity index (χ2v) is 12.1. The van der Waals surface area contributed by atoms with Crippen molar-refractivity contribution in [2.24, 2.45) is 0 Å². The molecular weight excluding hydrogens is 495 g/mol. The van der Waals surface area contributed by atoms with E-state index in [0.29, 0.717) is 0 Å². The number of benzene rings is 2. The average molecular weight is 523 g/mol. The molecule has 3 fully saturated rings. The van der Waals surface area contributed by atoms with Crippen LogP contribution in [0.4, 0.5) is 11.4 Å². The van der Waals surface area contributed by atoms with Gasteiger partial charge in [-0.05, 0) is 88.2 Å². The van der Waals surface area contributed by atoms with Crippen LogP contribution in [0.2, 0.25) is 0 Å². The minimum Gasteiger partial charge on any atom is -0.399 e. The fourth-order valence-electron chi connectivity index (χ4n) is 5.22. The largest absolute Gasteiger partial charge is 0.494 e. The second kappa shape index (κ2) is 6.96. The van der Waals surface area contributed by atoms with Crippen molar-refractivity contribution in [3.63, 3.8) is 0 Å². The van der Waals surface area contributed by atoms with Crippen LogP contribution in [0.15, 0.2) is 40.9 Å². The Balaban J connectivity index is 0.000000143. The Kier molecular flexibility index (Phi) is 4.57. The molecule has 3 heterocycles. The third kappa shape index (κ3) is 3.15. The molecule has 2 aromatic carbocycles. The van der Waals surface area contributed by atoms with E-state index < -0.39 is 0 Å². The highest BCUT2D eigenvalue weighted by molar-refractivity contribution is 9.10. The number of carbonyl (C=O) groups is 2. The fourth-order valence-corrected chi connectivity index (χ4v) is 5.58. The van der Waals surface area contributed by atoms with Crippen molar-refractivity contribution in [2.45, 2.75) is 75.4 Å². The van der Waals surface area contributed by atoms with Gasteiger partial charge < -0.3 is 19.9 Å². The lowest BCUT2D eigenvalue weighted by atomic mass is 9.78. The first-order valence-electron chi connectivity index (χ1n) is 11.9. The first-order chi connectivity index (χ1) is 16.0. The average Bonchev–Trinajstić information content (AvgIpc) is 3.65. The molecule has 0 atom stereocenters. The van der Waals surface area contributed by atoms with Gasteiger partial charge in [-0.2, -0.15) is 0 Å². The third-order valence-electron chi connectivity index (χ3n) is 8.45. The molecule has 0 radical (unpaired) electrons. The normalized spacial score (nSPS) is 24.8. The Morgan fingerprint density at radius 3 is 1.74 bits per heavy atom. The summed E-state index contributed by atoms with van der Waals surface area (Å²) in [7, 11) is -0.382. The summed E-state index contributed by atoms with van der Waals surface area (Å²) in [5, 5.41) is 5.93. The molecule has 0 unspecified atom stereocenters. The molecule has 0 bridgehead atoms. The molecule has 2 aromatic rings. The lowest BCUT2D eigenvalue weighted by Gasteiger charge is -2.32. The van der Waals surface area contributed by atoms with Crippen molar-refractivity contribution in [2.75, 3.05) is 10.6 Å². The van der Waals surface area contributed by atoms with Crippen molar-refractivity contribution in [1.29, 1.82) is 0 Å². The van der Waals surface area contributed by atoms with Gasteiger partial charge in [-0.25, -0.2) is 0 Å². The molecule has 5 aliphatic rings. The zero-order chi connectivity index (χ0) is 24.1. The lowest BCUT2D eigenvalue weighted by Crippen LogP contribution is -2.41. The maximum atomic E-state index is 12.1. The van der Waals surface area contributed by atoms with E-state index in [9.17, 15) is 9.59 Å². The molecule has 0 aromatic heterocycles. The molecule has 7 rings (SSSR count). The summed E-state index contributed by atoms with van der Waals surface area (Å²) in [6.07, 6.45) is 3.93. The molecule has 3 aliphatic heterocycles. The van der Waals surface area contributed by atoms with E-state index in [2.05, 4.69) is 32.6 Å². The zero-order valence-electron chi connectivity index (χ0n) is 19.9. The number of amides is 2. The van der Waals surface area contributed by atoms with E-state index >= 15 is 0 Å². The highest BCUT2D eigenvalue weighted by Gasteiger charge is 2.57. The van der Waals surface area contributed by atoms with Crippen LogP contribution in [0.3, 0.4) is 0 Å². The predicted octanol–water partition coefficient (Wildman–Crippen LogP) is 4.40. The van der Waals surface area contributed by atoms with Crippen LogP contribution < -0.4 is 16.1 Å². The van der Waals surface area contributed by atoms with E-state index in [1.807, 2.05) is 58.0 Å². The number of rotatable bonds is 1. The van der Waals surface area contributed by atoms with Crippen molar-refractivity contribution in [3.05, 3.63) is 52.0 Å². The number of carbonyl (C=O) groups excluding carboxylic acids is 2. The molecule has 1 saturated heterocycles. The lowest BCUT2D eigenvalue weighted by molar-refractivity contribution is -0.118. The third-order valence-corrected chi connectivity index (χ3v) is 8.94. The van der Waals surface area contributed by atoms with Gasteiger partial charge in [-0.3, -0.25) is 9.59 Å². The van der Waals surface area contributed by atoms with Crippen LogP contribution in [-0.4, -0.2) is 30.1 Å². The molecule has 34 heavy (non-hydrogen) atoms. The van der Waals surface area contributed by atoms with Gasteiger partial charge >= 0.3 is 7.12 Å². The molecule has 2 spiro atoms. The van der Waals surface area contributed by atoms with Crippen LogP contribution in [0.1, 0.15) is 64.5 Å². The van der Waals surface area contributed by atoms with Gasteiger partial charge in [-0.1, -0.05) is 34.1 Å². The van der Waals surface area contributed by atoms with Crippen LogP contribution in [0.5, 0.6) is 0 Å². The highest BCUT2D eigenvalue weighted by Crippen LogP contribution is 2.56. The number of hydrogen-bond donors (Lipinski definition) is 2. The maximum Gasteiger partial charge on any atom is 0.494 e. The molecule has 2 saturated carbocycles. The number of hydrogen-bond acceptors (Lipinski definition) is 4. The van der Waals surface area contributed by atoms with Gasteiger partial charge in [0.15, 0.2) is 0 Å². The summed E-state index contributed by atoms with van der Waals surface area (Å²) in [5.41, 5.74) is 4.11. The zero-order valence-corrected chi connectivity index (χ0v) is 21.5. The van der Waals surface area contributed by atoms with Gasteiger partial charge in [0, 0.05) is 15.8 Å². The molecule has 2 aliphatic carbocycles. The first kappa shape index (κ1) is 22.3. The van der Waals surface area contributed by atoms with Crippen LogP contribution in [0, 0.1) is 0 Å². The van der Waals surface area contributed by atoms with Gasteiger partial charge in [0.2, 0.25) is 11.8 Å². The first-order valence-corrected chi connectivity index (χ1v) is 12.7. The Bertz CT molecular complexity index is 1230. The van der Waals surface area contributed by atoms with Crippen molar-refractivity contribution in [3.8, 4) is 0 Å². The van der Waals surface area contributed by atoms with Crippen LogP contribution >= 0.6 is 15.9 Å². The number of nitrogens with one attached hydrogen (secondary N) is 2. The Morgan fingerprint density at radius 2 is 1.24 bits per heavy atom. The summed E-state index contributed by atoms with van der Waals surface area (Å²) in [5.74, 6) is 0.323. The van der Waals surface area contributed by atoms with Crippen molar-refractivity contribution < 1.29 is 18.9 Å². The maximum absolute atomic E-state index is 12.1. The Hall–Kier alpha value is -2.16. The van der Waals surface area contributed by atoms with Gasteiger partial charge in [-0.15, -0.1) is 0 Å². The van der Waals surface area contributed by atoms with E-state index in [-0.39, 0.29) is 41.0 Å². The topological polar surface area (TPSA) is 76.7 Å². The van der Waals surface area contributed by atoms with Crippen LogP contribution in [0.25, 0.3) is 0 Å². The van der Waals surface area contributed by atoms with Crippen molar-refractivity contribution >= 4 is 51.7 Å². The van der Waals surface area contributed by atoms with Crippen molar-refractivity contribution in [1.82, 2.24) is 0 Å². The standard InChI is InChI=1S/C16H20BNO3.C10H8BrNO/c1-14(2)15(3,4)21-17(20-14)10-5-6-11-12(9-10)18-13(19)16(11)7-8-16;11-6-1-2-7-8(5-6)12-9(13)10(7)3-4-10/h5-6,9H,7-8H2,1-4H3,(H,18,19);1-2,5H,3-4H2,(H,12,13). The van der Waals surface area contributed by atoms with Gasteiger partial charge in [0.1, 0.15) is 0 Å². The smallest absolute Gasteiger partial charge is 0.399 e. The minimum atomic E-state index is -0.382. The summed E-state index contributed by atoms with van der Waals surface area (Å²) >= 11 is 3.39. The number of fused-ring (bicyclic) bond motifs is 4. The quantitative estimate of drug-likeness (QED) is 0.544. The monoisotopic (exact) mass is 522 g/mol. The van der Waals surface area contributed by atoms with Gasteiger partial charge in [0.05, 0.1) is 22.0 Å². The summed E-state index contributed by atoms with van der Waals surface area (Å²) in [6, 6.07) is 12.1. The molecule has 2 amide bonds. The SMILES string of the molecule is CC1(C)OB(c2ccc3c(c2)NC(=O)C32CC2)OC1(C)C.O=C1Nc2cc(Br)ccc2C12CC2. The fraction of sp³-hybridized carbons (Fsp3) is 0.462. The summed E-state index contributed by atoms with van der Waals surface area (Å²) in [4.78, 5) is 23.7. The second-order valence-electron chi connectivity index (χ2n) is 11.2. The molecule has 6 nitrogen and oxygen atoms in total. The number of halogens is 1. The minimum absolute atomic E-state index is 0.142. The molecule has 2 N–H and O–H groups in total. The Morgan fingerprint density at radius 1 is 0.765 bits per heavy atom. The van der Waals surface area contributed by atoms with E-state index in [4.69, 9.17) is 9.31 Å². The highest BCUT2D eigenvalue weighted by atomic mass is 79.9. The Labute approximate surface area is 208 Å². The summed E-state index contributed by atoms with van der Waals surface area (Å²) < 4.78 is 13.2. The number of anilines is 2. The molecular formula is C26H28BBrN2O4. The summed E-state index contributed by atoms with van der Waals surface area (Å²) in [6.45, 7) is 8.17. The predicted molar refractivity (Wildman–Crippen MR) is 135 cm³/mol. The van der Waals surface area contributed by atoms with E-state index in [1.165, 1.54) is 5.56 Å². The van der Waals surface area contributed by atoms with Crippen LogP contribution in [-0.2, 0) is 29.7 Å². The molecule has 176 valence electrons. The molecule has 8 heteroatoms. The van der Waals surface area contributed by atoms with Gasteiger partial charge in [0.25, 0.3) is 0 Å². The van der Waals surface area contributed by atoms with E-state index in [0.717, 1.165) is 52.6 Å². The van der Waals surface area contributed by atoms with E-state index in [1.54, 1.807) is 0 Å².